The molecule has 4 rings (SSSR count). The monoisotopic (exact) mass is 355 g/mol. The Kier molecular flexibility index (Phi) is 3.69. The molecule has 5 heteroatoms. The summed E-state index contributed by atoms with van der Waals surface area (Å²) in [6.45, 7) is 6.70. The largest absolute Gasteiger partial charge is 0.497 e. The maximum absolute atomic E-state index is 12.2. The molecule has 0 aliphatic heterocycles. The number of methoxy groups -OCH3 is 2. The van der Waals surface area contributed by atoms with Crippen molar-refractivity contribution < 1.29 is 18.8 Å². The zero-order chi connectivity index (χ0) is 18.7. The number of nitrogens with zero attached hydrogens (tertiary/aromatic N) is 1. The Balaban J connectivity index is 1.92. The quantitative estimate of drug-likeness (QED) is 0.766. The van der Waals surface area contributed by atoms with Crippen LogP contribution in [0, 0.1) is 5.92 Å². The van der Waals surface area contributed by atoms with Gasteiger partial charge in [0, 0.05) is 16.4 Å². The number of aromatic nitrogens is 1. The zero-order valence-electron chi connectivity index (χ0n) is 16.0. The normalized spacial score (nSPS) is 25.7. The topological polar surface area (TPSA) is 61.6 Å². The highest BCUT2D eigenvalue weighted by molar-refractivity contribution is 5.89. The molecule has 1 aromatic carbocycles. The molecule has 26 heavy (non-hydrogen) atoms. The van der Waals surface area contributed by atoms with E-state index >= 15 is 0 Å². The van der Waals surface area contributed by atoms with Crippen LogP contribution in [0.3, 0.4) is 0 Å². The van der Waals surface area contributed by atoms with E-state index in [2.05, 4.69) is 38.1 Å². The first-order valence-electron chi connectivity index (χ1n) is 9.07. The van der Waals surface area contributed by atoms with Gasteiger partial charge in [0.15, 0.2) is 5.69 Å². The predicted octanol–water partition coefficient (Wildman–Crippen LogP) is 3.82. The number of esters is 1. The number of rotatable bonds is 2. The fourth-order valence-electron chi connectivity index (χ4n) is 5.38. The minimum atomic E-state index is -0.436. The third kappa shape index (κ3) is 2.15. The highest BCUT2D eigenvalue weighted by atomic mass is 16.5. The lowest BCUT2D eigenvalue weighted by molar-refractivity contribution is 0.0587. The summed E-state index contributed by atoms with van der Waals surface area (Å²) in [4.78, 5) is 12.2. The van der Waals surface area contributed by atoms with Crippen LogP contribution in [0.2, 0.25) is 0 Å². The molecule has 0 saturated carbocycles. The average Bonchev–Trinajstić information content (AvgIpc) is 3.04. The molecule has 0 fully saturated rings. The Morgan fingerprint density at radius 2 is 2.04 bits per heavy atom. The molecule has 5 nitrogen and oxygen atoms in total. The number of carbonyl (C=O) groups is 1. The summed E-state index contributed by atoms with van der Waals surface area (Å²) in [5, 5.41) is 4.07. The lowest BCUT2D eigenvalue weighted by atomic mass is 9.50. The van der Waals surface area contributed by atoms with E-state index in [-0.39, 0.29) is 10.8 Å². The number of benzene rings is 1. The van der Waals surface area contributed by atoms with Gasteiger partial charge in [0.25, 0.3) is 0 Å². The SMILES string of the molecule is COC(=O)c1noc2c1C[C@]1(C)c3cc(OC)ccc3CC[C@H]1C2(C)C. The maximum atomic E-state index is 12.2. The summed E-state index contributed by atoms with van der Waals surface area (Å²) in [6, 6.07) is 6.36. The van der Waals surface area contributed by atoms with E-state index in [9.17, 15) is 4.79 Å². The maximum Gasteiger partial charge on any atom is 0.360 e. The summed E-state index contributed by atoms with van der Waals surface area (Å²) >= 11 is 0. The van der Waals surface area contributed by atoms with Crippen molar-refractivity contribution in [2.45, 2.75) is 50.9 Å². The highest BCUT2D eigenvalue weighted by Crippen LogP contribution is 2.57. The molecule has 2 aromatic rings. The first-order chi connectivity index (χ1) is 12.3. The van der Waals surface area contributed by atoms with Crippen LogP contribution in [-0.4, -0.2) is 25.3 Å². The second-order valence-electron chi connectivity index (χ2n) is 8.26. The second-order valence-corrected chi connectivity index (χ2v) is 8.26. The van der Waals surface area contributed by atoms with Gasteiger partial charge in [-0.15, -0.1) is 0 Å². The molecule has 1 heterocycles. The van der Waals surface area contributed by atoms with Crippen molar-refractivity contribution in [3.63, 3.8) is 0 Å². The van der Waals surface area contributed by atoms with Gasteiger partial charge >= 0.3 is 5.97 Å². The summed E-state index contributed by atoms with van der Waals surface area (Å²) in [7, 11) is 3.07. The number of carbonyl (C=O) groups excluding carboxylic acids is 1. The van der Waals surface area contributed by atoms with Gasteiger partial charge < -0.3 is 14.0 Å². The number of hydrogen-bond donors (Lipinski definition) is 0. The smallest absolute Gasteiger partial charge is 0.360 e. The van der Waals surface area contributed by atoms with E-state index < -0.39 is 5.97 Å². The first kappa shape index (κ1) is 17.1. The molecule has 0 unspecified atom stereocenters. The van der Waals surface area contributed by atoms with Crippen molar-refractivity contribution in [3.05, 3.63) is 46.3 Å². The van der Waals surface area contributed by atoms with Crippen molar-refractivity contribution >= 4 is 5.97 Å². The lowest BCUT2D eigenvalue weighted by Crippen LogP contribution is -2.51. The van der Waals surface area contributed by atoms with Gasteiger partial charge in [0.1, 0.15) is 11.5 Å². The van der Waals surface area contributed by atoms with Crippen molar-refractivity contribution in [3.8, 4) is 5.75 Å². The van der Waals surface area contributed by atoms with Gasteiger partial charge in [-0.25, -0.2) is 4.79 Å². The zero-order valence-corrected chi connectivity index (χ0v) is 16.0. The van der Waals surface area contributed by atoms with E-state index in [0.29, 0.717) is 18.0 Å². The van der Waals surface area contributed by atoms with Gasteiger partial charge in [-0.1, -0.05) is 32.0 Å². The summed E-state index contributed by atoms with van der Waals surface area (Å²) in [6.07, 6.45) is 2.83. The Morgan fingerprint density at radius 3 is 2.73 bits per heavy atom. The molecule has 2 aliphatic carbocycles. The Morgan fingerprint density at radius 1 is 1.27 bits per heavy atom. The van der Waals surface area contributed by atoms with Crippen LogP contribution in [0.4, 0.5) is 0 Å². The van der Waals surface area contributed by atoms with Crippen LogP contribution in [0.1, 0.15) is 60.1 Å². The molecule has 0 saturated heterocycles. The standard InChI is InChI=1S/C21H25NO4/c1-20(2)16-9-7-12-6-8-13(24-4)10-15(12)21(16,3)11-14-17(19(23)25-5)22-26-18(14)20/h6,8,10,16H,7,9,11H2,1-5H3/t16-,21+/m0/s1. The fraction of sp³-hybridized carbons (Fsp3) is 0.524. The van der Waals surface area contributed by atoms with Crippen LogP contribution < -0.4 is 4.74 Å². The third-order valence-electron chi connectivity index (χ3n) is 6.57. The van der Waals surface area contributed by atoms with Gasteiger partial charge in [0.2, 0.25) is 0 Å². The number of ether oxygens (including phenoxy) is 2. The van der Waals surface area contributed by atoms with Gasteiger partial charge in [-0.05, 0) is 48.4 Å². The van der Waals surface area contributed by atoms with Crippen molar-refractivity contribution in [2.24, 2.45) is 5.92 Å². The van der Waals surface area contributed by atoms with Crippen LogP contribution >= 0.6 is 0 Å². The summed E-state index contributed by atoms with van der Waals surface area (Å²) in [5.74, 6) is 1.65. The minimum Gasteiger partial charge on any atom is -0.497 e. The third-order valence-corrected chi connectivity index (χ3v) is 6.57. The number of fused-ring (bicyclic) bond motifs is 4. The highest BCUT2D eigenvalue weighted by Gasteiger charge is 2.55. The summed E-state index contributed by atoms with van der Waals surface area (Å²) < 4.78 is 16.1. The molecule has 2 aliphatic rings. The Labute approximate surface area is 153 Å². The second kappa shape index (κ2) is 5.60. The van der Waals surface area contributed by atoms with E-state index in [1.807, 2.05) is 6.07 Å². The van der Waals surface area contributed by atoms with Crippen molar-refractivity contribution in [2.75, 3.05) is 14.2 Å². The molecule has 0 N–H and O–H groups in total. The number of aryl methyl sites for hydroxylation is 1. The van der Waals surface area contributed by atoms with Crippen LogP contribution in [0.5, 0.6) is 5.75 Å². The molecule has 138 valence electrons. The minimum absolute atomic E-state index is 0.118. The van der Waals surface area contributed by atoms with E-state index in [1.165, 1.54) is 18.2 Å². The Hall–Kier alpha value is -2.30. The molecule has 0 spiro atoms. The molecule has 0 amide bonds. The van der Waals surface area contributed by atoms with E-state index in [1.54, 1.807) is 7.11 Å². The lowest BCUT2D eigenvalue weighted by Gasteiger charge is -2.52. The van der Waals surface area contributed by atoms with Crippen LogP contribution in [0.25, 0.3) is 0 Å². The molecular formula is C21H25NO4. The number of hydrogen-bond acceptors (Lipinski definition) is 5. The Bertz CT molecular complexity index is 882. The van der Waals surface area contributed by atoms with Crippen molar-refractivity contribution in [1.29, 1.82) is 0 Å². The van der Waals surface area contributed by atoms with E-state index in [4.69, 9.17) is 14.0 Å². The average molecular weight is 355 g/mol. The predicted molar refractivity (Wildman–Crippen MR) is 96.7 cm³/mol. The van der Waals surface area contributed by atoms with Crippen LogP contribution in [0.15, 0.2) is 22.7 Å². The molecular weight excluding hydrogens is 330 g/mol. The molecule has 0 radical (unpaired) electrons. The fourth-order valence-corrected chi connectivity index (χ4v) is 5.38. The molecule has 2 atom stereocenters. The molecule has 0 bridgehead atoms. The summed E-state index contributed by atoms with van der Waals surface area (Å²) in [5.41, 5.74) is 3.53. The van der Waals surface area contributed by atoms with Crippen molar-refractivity contribution in [1.82, 2.24) is 5.16 Å². The first-order valence-corrected chi connectivity index (χ1v) is 9.07. The van der Waals surface area contributed by atoms with Gasteiger partial charge in [0.05, 0.1) is 14.2 Å². The van der Waals surface area contributed by atoms with E-state index in [0.717, 1.165) is 29.9 Å². The van der Waals surface area contributed by atoms with Crippen LogP contribution in [-0.2, 0) is 28.4 Å². The van der Waals surface area contributed by atoms with Gasteiger partial charge in [-0.2, -0.15) is 0 Å². The molecule has 1 aromatic heterocycles. The van der Waals surface area contributed by atoms with Gasteiger partial charge in [-0.3, -0.25) is 0 Å².